The lowest BCUT2D eigenvalue weighted by Crippen LogP contribution is -2.10. The highest BCUT2D eigenvalue weighted by Gasteiger charge is 2.07. The molecule has 0 aliphatic carbocycles. The zero-order valence-electron chi connectivity index (χ0n) is 9.61. The highest BCUT2D eigenvalue weighted by molar-refractivity contribution is 5.56. The van der Waals surface area contributed by atoms with Crippen LogP contribution in [0.3, 0.4) is 0 Å². The summed E-state index contributed by atoms with van der Waals surface area (Å²) in [6.45, 7) is 0.192. The molecule has 2 aromatic rings. The van der Waals surface area contributed by atoms with Crippen molar-refractivity contribution in [1.82, 2.24) is 9.97 Å². The third kappa shape index (κ3) is 2.54. The lowest BCUT2D eigenvalue weighted by molar-refractivity contribution is 0.181. The average molecular weight is 250 g/mol. The first-order valence-corrected chi connectivity index (χ1v) is 5.18. The SMILES string of the molecule is COCc1cc(=O)[nH]c(-c2ccc(O)c(F)c2)n1. The Labute approximate surface area is 102 Å². The van der Waals surface area contributed by atoms with E-state index < -0.39 is 11.6 Å². The number of nitrogens with zero attached hydrogens (tertiary/aromatic N) is 1. The molecule has 0 spiro atoms. The lowest BCUT2D eigenvalue weighted by Gasteiger charge is -2.04. The molecule has 18 heavy (non-hydrogen) atoms. The molecule has 6 heteroatoms. The first-order valence-electron chi connectivity index (χ1n) is 5.18. The number of ether oxygens (including phenoxy) is 1. The summed E-state index contributed by atoms with van der Waals surface area (Å²) < 4.78 is 18.1. The quantitative estimate of drug-likeness (QED) is 0.864. The van der Waals surface area contributed by atoms with E-state index in [0.29, 0.717) is 11.3 Å². The van der Waals surface area contributed by atoms with Crippen LogP contribution in [0.4, 0.5) is 4.39 Å². The second kappa shape index (κ2) is 4.97. The van der Waals surface area contributed by atoms with Crippen LogP contribution in [0.15, 0.2) is 29.1 Å². The van der Waals surface area contributed by atoms with E-state index in [1.807, 2.05) is 0 Å². The van der Waals surface area contributed by atoms with Gasteiger partial charge in [-0.3, -0.25) is 4.79 Å². The van der Waals surface area contributed by atoms with Gasteiger partial charge < -0.3 is 14.8 Å². The monoisotopic (exact) mass is 250 g/mol. The number of benzene rings is 1. The number of nitrogens with one attached hydrogen (secondary N) is 1. The number of hydrogen-bond acceptors (Lipinski definition) is 4. The Hall–Kier alpha value is -2.21. The molecule has 1 aromatic heterocycles. The maximum atomic E-state index is 13.2. The van der Waals surface area contributed by atoms with Crippen molar-refractivity contribution in [2.24, 2.45) is 0 Å². The smallest absolute Gasteiger partial charge is 0.251 e. The zero-order chi connectivity index (χ0) is 13.1. The predicted octanol–water partition coefficient (Wildman–Crippen LogP) is 1.43. The molecule has 0 saturated heterocycles. The van der Waals surface area contributed by atoms with Gasteiger partial charge in [-0.2, -0.15) is 0 Å². The van der Waals surface area contributed by atoms with Gasteiger partial charge in [-0.1, -0.05) is 0 Å². The van der Waals surface area contributed by atoms with Gasteiger partial charge in [-0.05, 0) is 18.2 Å². The largest absolute Gasteiger partial charge is 0.505 e. The van der Waals surface area contributed by atoms with E-state index in [2.05, 4.69) is 9.97 Å². The van der Waals surface area contributed by atoms with Crippen LogP contribution in [0.2, 0.25) is 0 Å². The molecule has 2 rings (SSSR count). The van der Waals surface area contributed by atoms with Gasteiger partial charge in [0.05, 0.1) is 12.3 Å². The number of aromatic hydroxyl groups is 1. The van der Waals surface area contributed by atoms with Crippen LogP contribution in [-0.4, -0.2) is 22.2 Å². The van der Waals surface area contributed by atoms with Crippen LogP contribution in [0, 0.1) is 5.82 Å². The van der Waals surface area contributed by atoms with Crippen LogP contribution < -0.4 is 5.56 Å². The maximum Gasteiger partial charge on any atom is 0.251 e. The van der Waals surface area contributed by atoms with Crippen molar-refractivity contribution < 1.29 is 14.2 Å². The van der Waals surface area contributed by atoms with Crippen molar-refractivity contribution in [3.8, 4) is 17.1 Å². The zero-order valence-corrected chi connectivity index (χ0v) is 9.61. The van der Waals surface area contributed by atoms with Gasteiger partial charge >= 0.3 is 0 Å². The van der Waals surface area contributed by atoms with Gasteiger partial charge in [0.1, 0.15) is 5.82 Å². The van der Waals surface area contributed by atoms with Gasteiger partial charge in [-0.15, -0.1) is 0 Å². The number of phenolic OH excluding ortho intramolecular Hbond substituents is 1. The van der Waals surface area contributed by atoms with Gasteiger partial charge in [-0.25, -0.2) is 9.37 Å². The summed E-state index contributed by atoms with van der Waals surface area (Å²) in [6, 6.07) is 5.08. The Morgan fingerprint density at radius 2 is 2.22 bits per heavy atom. The molecule has 1 heterocycles. The maximum absolute atomic E-state index is 13.2. The van der Waals surface area contributed by atoms with E-state index in [1.54, 1.807) is 0 Å². The Balaban J connectivity index is 2.49. The van der Waals surface area contributed by atoms with E-state index >= 15 is 0 Å². The number of halogens is 1. The van der Waals surface area contributed by atoms with Crippen molar-refractivity contribution in [3.63, 3.8) is 0 Å². The summed E-state index contributed by atoms with van der Waals surface area (Å²) in [6.07, 6.45) is 0. The third-order valence-corrected chi connectivity index (χ3v) is 2.31. The van der Waals surface area contributed by atoms with Gasteiger partial charge in [0, 0.05) is 18.7 Å². The minimum Gasteiger partial charge on any atom is -0.505 e. The number of aromatic amines is 1. The van der Waals surface area contributed by atoms with Crippen molar-refractivity contribution in [3.05, 3.63) is 46.1 Å². The second-order valence-electron chi connectivity index (χ2n) is 3.68. The number of rotatable bonds is 3. The Morgan fingerprint density at radius 1 is 1.44 bits per heavy atom. The Morgan fingerprint density at radius 3 is 2.89 bits per heavy atom. The molecule has 0 aliphatic heterocycles. The number of phenols is 1. The number of hydrogen-bond donors (Lipinski definition) is 2. The summed E-state index contributed by atoms with van der Waals surface area (Å²) in [4.78, 5) is 18.1. The molecule has 94 valence electrons. The van der Waals surface area contributed by atoms with Crippen molar-refractivity contribution in [1.29, 1.82) is 0 Å². The predicted molar refractivity (Wildman–Crippen MR) is 62.6 cm³/mol. The minimum atomic E-state index is -0.771. The summed E-state index contributed by atoms with van der Waals surface area (Å²) >= 11 is 0. The highest BCUT2D eigenvalue weighted by atomic mass is 19.1. The normalized spacial score (nSPS) is 10.6. The fourth-order valence-corrected chi connectivity index (χ4v) is 1.52. The standard InChI is InChI=1S/C12H11FN2O3/c1-18-6-8-5-11(17)15-12(14-8)7-2-3-10(16)9(13)4-7/h2-5,16H,6H2,1H3,(H,14,15,17). The summed E-state index contributed by atoms with van der Waals surface area (Å²) in [5.74, 6) is -0.991. The number of H-pyrrole nitrogens is 1. The third-order valence-electron chi connectivity index (χ3n) is 2.31. The minimum absolute atomic E-state index is 0.192. The topological polar surface area (TPSA) is 75.2 Å². The average Bonchev–Trinajstić information content (AvgIpc) is 2.32. The van der Waals surface area contributed by atoms with Crippen LogP contribution in [0.5, 0.6) is 5.75 Å². The van der Waals surface area contributed by atoms with Crippen LogP contribution in [0.1, 0.15) is 5.69 Å². The van der Waals surface area contributed by atoms with Crippen molar-refractivity contribution in [2.45, 2.75) is 6.61 Å². The van der Waals surface area contributed by atoms with E-state index in [-0.39, 0.29) is 18.0 Å². The van der Waals surface area contributed by atoms with E-state index in [9.17, 15) is 9.18 Å². The Kier molecular flexibility index (Phi) is 3.38. The number of aromatic nitrogens is 2. The molecule has 2 N–H and O–H groups in total. The Bertz CT molecular complexity index is 625. The van der Waals surface area contributed by atoms with Gasteiger partial charge in [0.2, 0.25) is 0 Å². The highest BCUT2D eigenvalue weighted by Crippen LogP contribution is 2.21. The van der Waals surface area contributed by atoms with Gasteiger partial charge in [0.25, 0.3) is 5.56 Å². The molecule has 0 fully saturated rings. The summed E-state index contributed by atoms with van der Waals surface area (Å²) in [5.41, 5.74) is 0.477. The fourth-order valence-electron chi connectivity index (χ4n) is 1.52. The summed E-state index contributed by atoms with van der Waals surface area (Å²) in [5, 5.41) is 9.10. The van der Waals surface area contributed by atoms with Crippen molar-refractivity contribution >= 4 is 0 Å². The fraction of sp³-hybridized carbons (Fsp3) is 0.167. The lowest BCUT2D eigenvalue weighted by atomic mass is 10.2. The molecule has 0 bridgehead atoms. The molecule has 0 amide bonds. The molecule has 0 atom stereocenters. The summed E-state index contributed by atoms with van der Waals surface area (Å²) in [7, 11) is 1.49. The molecular weight excluding hydrogens is 239 g/mol. The van der Waals surface area contributed by atoms with Crippen LogP contribution >= 0.6 is 0 Å². The number of methoxy groups -OCH3 is 1. The first kappa shape index (κ1) is 12.3. The molecule has 0 radical (unpaired) electrons. The van der Waals surface area contributed by atoms with Crippen LogP contribution in [-0.2, 0) is 11.3 Å². The molecule has 1 aromatic carbocycles. The molecule has 0 aliphatic rings. The van der Waals surface area contributed by atoms with Crippen LogP contribution in [0.25, 0.3) is 11.4 Å². The van der Waals surface area contributed by atoms with E-state index in [1.165, 1.54) is 25.3 Å². The van der Waals surface area contributed by atoms with E-state index in [4.69, 9.17) is 9.84 Å². The first-order chi connectivity index (χ1) is 8.60. The van der Waals surface area contributed by atoms with E-state index in [0.717, 1.165) is 6.07 Å². The van der Waals surface area contributed by atoms with Gasteiger partial charge in [0.15, 0.2) is 11.6 Å². The van der Waals surface area contributed by atoms with Crippen molar-refractivity contribution in [2.75, 3.05) is 7.11 Å². The second-order valence-corrected chi connectivity index (χ2v) is 3.68. The molecule has 0 unspecified atom stereocenters. The molecule has 5 nitrogen and oxygen atoms in total. The molecule has 0 saturated carbocycles. The molecular formula is C12H11FN2O3.